The van der Waals surface area contributed by atoms with Crippen molar-refractivity contribution in [3.8, 4) is 11.1 Å². The van der Waals surface area contributed by atoms with Gasteiger partial charge in [-0.2, -0.15) is 23.4 Å². The van der Waals surface area contributed by atoms with E-state index < -0.39 is 11.7 Å². The fourth-order valence-electron chi connectivity index (χ4n) is 4.16. The summed E-state index contributed by atoms with van der Waals surface area (Å²) in [7, 11) is 1.49. The Morgan fingerprint density at radius 3 is 2.18 bits per heavy atom. The number of amides is 1. The normalized spacial score (nSPS) is 13.6. The highest BCUT2D eigenvalue weighted by Crippen LogP contribution is 2.50. The van der Waals surface area contributed by atoms with Crippen molar-refractivity contribution in [3.63, 3.8) is 0 Å². The van der Waals surface area contributed by atoms with E-state index in [4.69, 9.17) is 5.84 Å². The molecule has 1 aromatic heterocycles. The molecule has 1 atom stereocenters. The molecule has 0 aliphatic carbocycles. The largest absolute Gasteiger partial charge is 0.416 e. The Balaban J connectivity index is 1.84. The number of rotatable bonds is 7. The molecule has 3 N–H and O–H groups in total. The van der Waals surface area contributed by atoms with Crippen LogP contribution in [0, 0.1) is 19.3 Å². The molecule has 0 spiro atoms. The lowest BCUT2D eigenvalue weighted by Gasteiger charge is -2.30. The number of thioether (sulfide) groups is 1. The van der Waals surface area contributed by atoms with Gasteiger partial charge in [0.1, 0.15) is 0 Å². The van der Waals surface area contributed by atoms with Gasteiger partial charge in [0.25, 0.3) is 5.91 Å². The molecule has 208 valence electrons. The number of hydrogen-bond donors (Lipinski definition) is 2. The molecule has 0 bridgehead atoms. The van der Waals surface area contributed by atoms with Crippen LogP contribution in [0.25, 0.3) is 11.1 Å². The van der Waals surface area contributed by atoms with Crippen molar-refractivity contribution in [3.05, 3.63) is 75.0 Å². The molecule has 0 aliphatic rings. The predicted molar refractivity (Wildman–Crippen MR) is 153 cm³/mol. The van der Waals surface area contributed by atoms with Gasteiger partial charge in [0.15, 0.2) is 5.84 Å². The van der Waals surface area contributed by atoms with Crippen molar-refractivity contribution in [2.75, 3.05) is 13.6 Å². The third-order valence-electron chi connectivity index (χ3n) is 5.93. The van der Waals surface area contributed by atoms with E-state index in [2.05, 4.69) is 53.6 Å². The number of benzene rings is 2. The van der Waals surface area contributed by atoms with Crippen LogP contribution in [-0.4, -0.2) is 25.3 Å². The van der Waals surface area contributed by atoms with E-state index in [1.165, 1.54) is 30.5 Å². The number of amidine groups is 1. The van der Waals surface area contributed by atoms with Crippen molar-refractivity contribution in [1.29, 1.82) is 0 Å². The van der Waals surface area contributed by atoms with Crippen molar-refractivity contribution in [2.24, 2.45) is 26.6 Å². The lowest BCUT2D eigenvalue weighted by molar-refractivity contribution is -0.137. The first-order chi connectivity index (χ1) is 18.2. The summed E-state index contributed by atoms with van der Waals surface area (Å²) in [5.41, 5.74) is 2.86. The number of hydrazone groups is 1. The van der Waals surface area contributed by atoms with E-state index in [1.54, 1.807) is 17.8 Å². The Kier molecular flexibility index (Phi) is 9.60. The van der Waals surface area contributed by atoms with E-state index in [0.717, 1.165) is 44.2 Å². The summed E-state index contributed by atoms with van der Waals surface area (Å²) >= 11 is 3.14. The second-order valence-electron chi connectivity index (χ2n) is 10.1. The van der Waals surface area contributed by atoms with Crippen LogP contribution in [-0.2, 0) is 6.18 Å². The lowest BCUT2D eigenvalue weighted by atomic mass is 9.91. The summed E-state index contributed by atoms with van der Waals surface area (Å²) in [4.78, 5) is 15.4. The van der Waals surface area contributed by atoms with E-state index in [0.29, 0.717) is 4.88 Å². The van der Waals surface area contributed by atoms with Crippen molar-refractivity contribution >= 4 is 34.8 Å². The number of halogens is 3. The second kappa shape index (κ2) is 12.3. The Labute approximate surface area is 235 Å². The number of nitrogens with one attached hydrogen (secondary N) is 1. The molecular weight excluding hydrogens is 543 g/mol. The van der Waals surface area contributed by atoms with Gasteiger partial charge in [-0.25, -0.2) is 0 Å². The standard InChI is InChI=1S/C28H32F3N5OS2/c1-16-13-20(14-17(2)24(16)18-7-9-19(10-8-18)28(29,30)31)38-25(27(3,4)5)21-11-12-22(39-21)26(37)34-15-23(35-32)36-33-6/h7-14,25H,15,32H2,1-6H3,(H,34,37). The van der Waals surface area contributed by atoms with Gasteiger partial charge in [0.2, 0.25) is 0 Å². The molecule has 1 amide bonds. The lowest BCUT2D eigenvalue weighted by Crippen LogP contribution is -2.28. The first-order valence-electron chi connectivity index (χ1n) is 12.1. The van der Waals surface area contributed by atoms with Gasteiger partial charge in [-0.05, 0) is 77.9 Å². The van der Waals surface area contributed by atoms with Gasteiger partial charge in [-0.15, -0.1) is 28.2 Å². The zero-order valence-electron chi connectivity index (χ0n) is 22.7. The fraction of sp³-hybridized carbons (Fsp3) is 0.357. The summed E-state index contributed by atoms with van der Waals surface area (Å²) in [5.74, 6) is 5.25. The first kappa shape index (κ1) is 30.4. The molecule has 1 heterocycles. The minimum Gasteiger partial charge on any atom is -0.344 e. The predicted octanol–water partition coefficient (Wildman–Crippen LogP) is 8.01. The quantitative estimate of drug-likeness (QED) is 0.0746. The number of carbonyl (C=O) groups excluding carboxylic acids is 1. The Bertz CT molecular complexity index is 1350. The number of azo groups is 1. The molecule has 39 heavy (non-hydrogen) atoms. The van der Waals surface area contributed by atoms with Crippen LogP contribution in [0.2, 0.25) is 0 Å². The van der Waals surface area contributed by atoms with Crippen LogP contribution in [0.5, 0.6) is 0 Å². The average molecular weight is 576 g/mol. The Morgan fingerprint density at radius 1 is 1.05 bits per heavy atom. The molecule has 0 saturated heterocycles. The minimum absolute atomic E-state index is 0.0508. The van der Waals surface area contributed by atoms with E-state index >= 15 is 0 Å². The summed E-state index contributed by atoms with van der Waals surface area (Å²) in [6.45, 7) is 10.5. The maximum Gasteiger partial charge on any atom is 0.416 e. The van der Waals surface area contributed by atoms with Gasteiger partial charge < -0.3 is 11.2 Å². The van der Waals surface area contributed by atoms with Gasteiger partial charge in [-0.1, -0.05) is 32.9 Å². The van der Waals surface area contributed by atoms with Gasteiger partial charge in [-0.3, -0.25) is 4.79 Å². The molecular formula is C28H32F3N5OS2. The molecule has 0 radical (unpaired) electrons. The third kappa shape index (κ3) is 7.69. The number of aryl methyl sites for hydroxylation is 2. The van der Waals surface area contributed by atoms with Gasteiger partial charge >= 0.3 is 6.18 Å². The molecule has 0 fully saturated rings. The molecule has 0 saturated carbocycles. The van der Waals surface area contributed by atoms with Crippen molar-refractivity contribution in [2.45, 2.75) is 50.9 Å². The zero-order valence-corrected chi connectivity index (χ0v) is 24.3. The minimum atomic E-state index is -4.36. The Morgan fingerprint density at radius 2 is 1.67 bits per heavy atom. The van der Waals surface area contributed by atoms with Crippen LogP contribution in [0.3, 0.4) is 0 Å². The Hall–Kier alpha value is -3.18. The van der Waals surface area contributed by atoms with E-state index in [-0.39, 0.29) is 29.0 Å². The highest BCUT2D eigenvalue weighted by molar-refractivity contribution is 7.99. The van der Waals surface area contributed by atoms with E-state index in [1.807, 2.05) is 19.9 Å². The topological polar surface area (TPSA) is 92.2 Å². The molecule has 1 unspecified atom stereocenters. The van der Waals surface area contributed by atoms with Gasteiger partial charge in [0, 0.05) is 22.1 Å². The highest BCUT2D eigenvalue weighted by atomic mass is 32.2. The molecule has 6 nitrogen and oxygen atoms in total. The smallest absolute Gasteiger partial charge is 0.344 e. The summed E-state index contributed by atoms with van der Waals surface area (Å²) in [6.07, 6.45) is -4.36. The van der Waals surface area contributed by atoms with Crippen LogP contribution in [0.1, 0.15) is 57.3 Å². The molecule has 3 aromatic rings. The van der Waals surface area contributed by atoms with Crippen LogP contribution in [0.15, 0.2) is 68.8 Å². The number of thiophene rings is 1. The van der Waals surface area contributed by atoms with Gasteiger partial charge in [0.05, 0.1) is 17.0 Å². The summed E-state index contributed by atoms with van der Waals surface area (Å²) in [6, 6.07) is 13.2. The molecule has 11 heteroatoms. The van der Waals surface area contributed by atoms with Crippen LogP contribution < -0.4 is 11.2 Å². The molecule has 0 aliphatic heterocycles. The molecule has 3 rings (SSSR count). The van der Waals surface area contributed by atoms with Crippen LogP contribution >= 0.6 is 23.1 Å². The molecule has 2 aromatic carbocycles. The van der Waals surface area contributed by atoms with Crippen molar-refractivity contribution < 1.29 is 18.0 Å². The highest BCUT2D eigenvalue weighted by Gasteiger charge is 2.31. The average Bonchev–Trinajstić information content (AvgIpc) is 3.33. The van der Waals surface area contributed by atoms with Crippen LogP contribution in [0.4, 0.5) is 13.2 Å². The number of nitrogens with zero attached hydrogens (tertiary/aromatic N) is 3. The number of alkyl halides is 3. The maximum atomic E-state index is 13.0. The maximum absolute atomic E-state index is 13.0. The zero-order chi connectivity index (χ0) is 29.0. The first-order valence-corrected chi connectivity index (χ1v) is 13.8. The van der Waals surface area contributed by atoms with Crippen molar-refractivity contribution in [1.82, 2.24) is 5.32 Å². The monoisotopic (exact) mass is 575 g/mol. The number of hydrogen-bond acceptors (Lipinski definition) is 6. The third-order valence-corrected chi connectivity index (χ3v) is 8.93. The number of carbonyl (C=O) groups is 1. The summed E-state index contributed by atoms with van der Waals surface area (Å²) < 4.78 is 39.0. The second-order valence-corrected chi connectivity index (χ2v) is 12.4. The SMILES string of the molecule is CN=NC(CNC(=O)c1ccc(C(Sc2cc(C)c(-c3ccc(C(F)(F)F)cc3)c(C)c2)C(C)(C)C)s1)=NN. The fourth-order valence-corrected chi connectivity index (χ4v) is 6.91. The summed E-state index contributed by atoms with van der Waals surface area (Å²) in [5, 5.41) is 13.7. The number of nitrogens with two attached hydrogens (primary N) is 1. The van der Waals surface area contributed by atoms with E-state index in [9.17, 15) is 18.0 Å².